The van der Waals surface area contributed by atoms with Crippen molar-refractivity contribution in [1.82, 2.24) is 9.97 Å². The third-order valence-electron chi connectivity index (χ3n) is 2.79. The first kappa shape index (κ1) is 11.2. The zero-order valence-electron chi connectivity index (χ0n) is 9.68. The minimum Gasteiger partial charge on any atom is -0.381 e. The van der Waals surface area contributed by atoms with Crippen LogP contribution < -0.4 is 10.5 Å². The molecule has 1 aromatic carbocycles. The summed E-state index contributed by atoms with van der Waals surface area (Å²) < 4.78 is 7.05. The average Bonchev–Trinajstić information content (AvgIpc) is 2.82. The van der Waals surface area contributed by atoms with E-state index in [1.165, 1.54) is 17.7 Å². The highest BCUT2D eigenvalue weighted by atomic mass is 32.2. The Morgan fingerprint density at radius 1 is 1.17 bits per heavy atom. The number of imidazole rings is 1. The van der Waals surface area contributed by atoms with Crippen LogP contribution in [0.3, 0.4) is 0 Å². The van der Waals surface area contributed by atoms with Gasteiger partial charge in [-0.25, -0.2) is 4.98 Å². The van der Waals surface area contributed by atoms with Gasteiger partial charge in [0, 0.05) is 6.42 Å². The van der Waals surface area contributed by atoms with Gasteiger partial charge in [-0.3, -0.25) is 4.72 Å². The molecule has 2 heterocycles. The van der Waals surface area contributed by atoms with E-state index in [0.29, 0.717) is 5.84 Å². The van der Waals surface area contributed by atoms with E-state index in [-0.39, 0.29) is 0 Å². The largest absolute Gasteiger partial charge is 0.381 e. The SMILES string of the molecule is NC1=NSNc2nc(CCc3ccccc3)[nH]c21. The van der Waals surface area contributed by atoms with Crippen LogP contribution in [0.2, 0.25) is 0 Å². The molecule has 4 N–H and O–H groups in total. The van der Waals surface area contributed by atoms with Gasteiger partial charge in [0.1, 0.15) is 11.5 Å². The maximum atomic E-state index is 5.78. The van der Waals surface area contributed by atoms with Crippen molar-refractivity contribution in [3.05, 3.63) is 47.4 Å². The standard InChI is InChI=1S/C12H13N5S/c13-11-10-12(17-18-16-11)15-9(14-10)7-6-8-4-2-1-3-5-8/h1-5,17H,6-7H2,(H2,13,16)(H,14,15). The number of fused-ring (bicyclic) bond motifs is 1. The van der Waals surface area contributed by atoms with E-state index < -0.39 is 0 Å². The molecular weight excluding hydrogens is 246 g/mol. The van der Waals surface area contributed by atoms with Gasteiger partial charge in [-0.2, -0.15) is 4.40 Å². The summed E-state index contributed by atoms with van der Waals surface area (Å²) in [6, 6.07) is 10.4. The van der Waals surface area contributed by atoms with Crippen LogP contribution in [0.4, 0.5) is 5.82 Å². The Bertz CT molecular complexity index is 575. The van der Waals surface area contributed by atoms with Crippen molar-refractivity contribution in [3.63, 3.8) is 0 Å². The quantitative estimate of drug-likeness (QED) is 0.735. The number of aromatic nitrogens is 2. The lowest BCUT2D eigenvalue weighted by molar-refractivity contribution is 0.884. The van der Waals surface area contributed by atoms with Crippen LogP contribution in [0, 0.1) is 0 Å². The fourth-order valence-corrected chi connectivity index (χ4v) is 2.34. The monoisotopic (exact) mass is 259 g/mol. The number of hydrogen-bond acceptors (Lipinski definition) is 5. The summed E-state index contributed by atoms with van der Waals surface area (Å²) in [7, 11) is 0. The second-order valence-electron chi connectivity index (χ2n) is 4.06. The second kappa shape index (κ2) is 4.73. The molecule has 0 fully saturated rings. The zero-order chi connectivity index (χ0) is 12.4. The molecule has 0 bridgehead atoms. The third-order valence-corrected chi connectivity index (χ3v) is 3.36. The number of nitrogens with one attached hydrogen (secondary N) is 2. The Hall–Kier alpha value is -1.95. The van der Waals surface area contributed by atoms with Crippen LogP contribution in [0.25, 0.3) is 0 Å². The summed E-state index contributed by atoms with van der Waals surface area (Å²) >= 11 is 1.20. The molecule has 0 saturated carbocycles. The van der Waals surface area contributed by atoms with Gasteiger partial charge in [-0.1, -0.05) is 30.3 Å². The molecule has 5 nitrogen and oxygen atoms in total. The van der Waals surface area contributed by atoms with Gasteiger partial charge >= 0.3 is 0 Å². The molecule has 6 heteroatoms. The van der Waals surface area contributed by atoms with Gasteiger partial charge in [0.15, 0.2) is 11.7 Å². The topological polar surface area (TPSA) is 79.1 Å². The molecule has 0 amide bonds. The van der Waals surface area contributed by atoms with Crippen LogP contribution in [0.1, 0.15) is 17.1 Å². The van der Waals surface area contributed by atoms with E-state index in [9.17, 15) is 0 Å². The number of hydrogen-bond donors (Lipinski definition) is 3. The predicted octanol–water partition coefficient (Wildman–Crippen LogP) is 1.89. The molecule has 92 valence electrons. The number of aromatic amines is 1. The molecule has 3 rings (SSSR count). The highest BCUT2D eigenvalue weighted by Crippen LogP contribution is 2.22. The maximum absolute atomic E-state index is 5.78. The molecule has 1 aliphatic rings. The third kappa shape index (κ3) is 2.19. The molecule has 0 saturated heterocycles. The van der Waals surface area contributed by atoms with Crippen molar-refractivity contribution in [2.24, 2.45) is 10.1 Å². The summed E-state index contributed by atoms with van der Waals surface area (Å²) in [5.41, 5.74) is 7.88. The van der Waals surface area contributed by atoms with E-state index in [1.807, 2.05) is 18.2 Å². The fourth-order valence-electron chi connectivity index (χ4n) is 1.87. The average molecular weight is 259 g/mol. The van der Waals surface area contributed by atoms with Crippen LogP contribution >= 0.6 is 12.1 Å². The number of benzene rings is 1. The fraction of sp³-hybridized carbons (Fsp3) is 0.167. The molecule has 1 aromatic heterocycles. The van der Waals surface area contributed by atoms with Crippen LogP contribution in [-0.2, 0) is 12.8 Å². The van der Waals surface area contributed by atoms with Crippen molar-refractivity contribution in [1.29, 1.82) is 0 Å². The predicted molar refractivity (Wildman–Crippen MR) is 74.4 cm³/mol. The van der Waals surface area contributed by atoms with Crippen molar-refractivity contribution in [2.75, 3.05) is 4.72 Å². The summed E-state index contributed by atoms with van der Waals surface area (Å²) in [4.78, 5) is 7.68. The number of nitrogens with two attached hydrogens (primary N) is 1. The van der Waals surface area contributed by atoms with E-state index in [4.69, 9.17) is 5.73 Å². The maximum Gasteiger partial charge on any atom is 0.167 e. The molecule has 0 radical (unpaired) electrons. The molecule has 0 aliphatic carbocycles. The van der Waals surface area contributed by atoms with E-state index in [2.05, 4.69) is 31.2 Å². The summed E-state index contributed by atoms with van der Waals surface area (Å²) in [5.74, 6) is 2.19. The van der Waals surface area contributed by atoms with Gasteiger partial charge in [0.25, 0.3) is 0 Å². The van der Waals surface area contributed by atoms with Crippen molar-refractivity contribution >= 4 is 23.8 Å². The number of H-pyrrole nitrogens is 1. The van der Waals surface area contributed by atoms with Crippen LogP contribution in [0.15, 0.2) is 34.7 Å². The van der Waals surface area contributed by atoms with E-state index in [1.54, 1.807) is 0 Å². The minimum absolute atomic E-state index is 0.493. The summed E-state index contributed by atoms with van der Waals surface area (Å²) in [6.45, 7) is 0. The Morgan fingerprint density at radius 3 is 2.78 bits per heavy atom. The van der Waals surface area contributed by atoms with Gasteiger partial charge in [-0.15, -0.1) is 0 Å². The van der Waals surface area contributed by atoms with Crippen LogP contribution in [-0.4, -0.2) is 15.8 Å². The van der Waals surface area contributed by atoms with Gasteiger partial charge in [0.05, 0.1) is 12.1 Å². The first-order valence-corrected chi connectivity index (χ1v) is 6.49. The molecular formula is C12H13N5S. The summed E-state index contributed by atoms with van der Waals surface area (Å²) in [5, 5.41) is 0. The van der Waals surface area contributed by atoms with Crippen molar-refractivity contribution in [2.45, 2.75) is 12.8 Å². The van der Waals surface area contributed by atoms with Gasteiger partial charge < -0.3 is 10.7 Å². The first-order chi connectivity index (χ1) is 8.83. The first-order valence-electron chi connectivity index (χ1n) is 5.71. The molecule has 1 aliphatic heterocycles. The number of anilines is 1. The highest BCUT2D eigenvalue weighted by Gasteiger charge is 2.17. The molecule has 18 heavy (non-hydrogen) atoms. The molecule has 0 atom stereocenters. The smallest absolute Gasteiger partial charge is 0.167 e. The Kier molecular flexibility index (Phi) is 2.93. The Labute approximate surface area is 109 Å². The second-order valence-corrected chi connectivity index (χ2v) is 4.63. The van der Waals surface area contributed by atoms with Crippen LogP contribution in [0.5, 0.6) is 0 Å². The number of nitrogens with zero attached hydrogens (tertiary/aromatic N) is 2. The van der Waals surface area contributed by atoms with E-state index in [0.717, 1.165) is 30.2 Å². The lowest BCUT2D eigenvalue weighted by Gasteiger charge is -2.06. The molecule has 2 aromatic rings. The van der Waals surface area contributed by atoms with Gasteiger partial charge in [0.2, 0.25) is 0 Å². The Balaban J connectivity index is 1.73. The zero-order valence-corrected chi connectivity index (χ0v) is 10.5. The number of rotatable bonds is 3. The molecule has 0 spiro atoms. The van der Waals surface area contributed by atoms with Gasteiger partial charge in [-0.05, 0) is 12.0 Å². The lowest BCUT2D eigenvalue weighted by atomic mass is 10.1. The minimum atomic E-state index is 0.493. The molecule has 0 unspecified atom stereocenters. The summed E-state index contributed by atoms with van der Waals surface area (Å²) in [6.07, 6.45) is 1.81. The lowest BCUT2D eigenvalue weighted by Crippen LogP contribution is -2.17. The van der Waals surface area contributed by atoms with E-state index >= 15 is 0 Å². The Morgan fingerprint density at radius 2 is 2.00 bits per heavy atom. The number of aryl methyl sites for hydroxylation is 2. The number of amidine groups is 1. The van der Waals surface area contributed by atoms with Crippen molar-refractivity contribution in [3.8, 4) is 0 Å². The normalized spacial score (nSPS) is 13.7. The van der Waals surface area contributed by atoms with Crippen molar-refractivity contribution < 1.29 is 0 Å². The highest BCUT2D eigenvalue weighted by molar-refractivity contribution is 7.99.